The summed E-state index contributed by atoms with van der Waals surface area (Å²) in [5.74, 6) is 0.535. The molecule has 1 aromatic carbocycles. The molecule has 4 aromatic rings. The summed E-state index contributed by atoms with van der Waals surface area (Å²) in [5.41, 5.74) is -2.41. The molecule has 1 unspecified atom stereocenters. The summed E-state index contributed by atoms with van der Waals surface area (Å²) in [6, 6.07) is 1.89. The van der Waals surface area contributed by atoms with Gasteiger partial charge in [-0.3, -0.25) is 9.67 Å². The molecule has 1 saturated carbocycles. The van der Waals surface area contributed by atoms with E-state index in [1.165, 1.54) is 31.8 Å². The summed E-state index contributed by atoms with van der Waals surface area (Å²) in [6.07, 6.45) is -2.19. The first-order chi connectivity index (χ1) is 17.4. The smallest absolute Gasteiger partial charge is 0.346 e. The highest BCUT2D eigenvalue weighted by molar-refractivity contribution is 5.94. The number of aromatic nitrogens is 6. The number of halogens is 6. The first-order valence-electron chi connectivity index (χ1n) is 11.4. The number of fused-ring (bicyclic) bond motifs is 1. The van der Waals surface area contributed by atoms with Gasteiger partial charge in [0.15, 0.2) is 11.6 Å². The predicted octanol–water partition coefficient (Wildman–Crippen LogP) is 5.84. The van der Waals surface area contributed by atoms with Crippen LogP contribution in [0, 0.1) is 5.92 Å². The first-order valence-corrected chi connectivity index (χ1v) is 11.4. The second-order valence-corrected chi connectivity index (χ2v) is 9.00. The summed E-state index contributed by atoms with van der Waals surface area (Å²) >= 11 is 0. The molecule has 0 aliphatic heterocycles. The lowest BCUT2D eigenvalue weighted by molar-refractivity contribution is -0.142. The molecule has 37 heavy (non-hydrogen) atoms. The molecule has 0 N–H and O–H groups in total. The SMILES string of the molecule is CC(c1nccnc1-c1ncccn1)N(CC1CC1)c1nn(C)c2c(C(F)(F)F)cc(C(F)(F)F)cc12. The van der Waals surface area contributed by atoms with Crippen molar-refractivity contribution in [1.82, 2.24) is 29.7 Å². The molecule has 5 rings (SSSR count). The topological polar surface area (TPSA) is 72.6 Å². The molecule has 3 aromatic heterocycles. The van der Waals surface area contributed by atoms with E-state index in [1.807, 2.05) is 0 Å². The normalized spacial score (nSPS) is 15.2. The molecule has 0 saturated heterocycles. The Balaban J connectivity index is 1.71. The lowest BCUT2D eigenvalue weighted by atomic mass is 10.0. The van der Waals surface area contributed by atoms with Gasteiger partial charge in [-0.25, -0.2) is 15.0 Å². The molecule has 0 bridgehead atoms. The maximum Gasteiger partial charge on any atom is 0.418 e. The Hall–Kier alpha value is -3.77. The number of alkyl halides is 6. The van der Waals surface area contributed by atoms with E-state index < -0.39 is 35.0 Å². The van der Waals surface area contributed by atoms with Gasteiger partial charge in [-0.1, -0.05) is 0 Å². The van der Waals surface area contributed by atoms with Crippen LogP contribution in [0.3, 0.4) is 0 Å². The predicted molar refractivity (Wildman–Crippen MR) is 122 cm³/mol. The third-order valence-electron chi connectivity index (χ3n) is 6.34. The fourth-order valence-corrected chi connectivity index (χ4v) is 4.39. The third kappa shape index (κ3) is 4.81. The van der Waals surface area contributed by atoms with E-state index >= 15 is 0 Å². The monoisotopic (exact) mass is 521 g/mol. The van der Waals surface area contributed by atoms with Gasteiger partial charge in [-0.2, -0.15) is 31.4 Å². The highest BCUT2D eigenvalue weighted by Gasteiger charge is 2.41. The van der Waals surface area contributed by atoms with Crippen molar-refractivity contribution in [2.45, 2.75) is 38.2 Å². The quantitative estimate of drug-likeness (QED) is 0.297. The van der Waals surface area contributed by atoms with E-state index in [2.05, 4.69) is 25.0 Å². The number of nitrogens with zero attached hydrogens (tertiary/aromatic N) is 7. The van der Waals surface area contributed by atoms with Gasteiger partial charge >= 0.3 is 12.4 Å². The van der Waals surface area contributed by atoms with Crippen LogP contribution in [0.5, 0.6) is 0 Å². The number of anilines is 1. The Morgan fingerprint density at radius 2 is 1.62 bits per heavy atom. The molecule has 1 atom stereocenters. The van der Waals surface area contributed by atoms with Crippen LogP contribution >= 0.6 is 0 Å². The highest BCUT2D eigenvalue weighted by atomic mass is 19.4. The number of benzene rings is 1. The minimum atomic E-state index is -5.01. The van der Waals surface area contributed by atoms with Crippen LogP contribution in [0.2, 0.25) is 0 Å². The largest absolute Gasteiger partial charge is 0.418 e. The molecule has 1 aliphatic carbocycles. The van der Waals surface area contributed by atoms with Gasteiger partial charge in [0.05, 0.1) is 28.4 Å². The van der Waals surface area contributed by atoms with E-state index in [0.717, 1.165) is 23.6 Å². The molecule has 3 heterocycles. The van der Waals surface area contributed by atoms with Crippen LogP contribution in [0.4, 0.5) is 32.2 Å². The van der Waals surface area contributed by atoms with E-state index in [1.54, 1.807) is 17.9 Å². The molecule has 194 valence electrons. The molecule has 0 radical (unpaired) electrons. The van der Waals surface area contributed by atoms with Crippen LogP contribution in [0.1, 0.15) is 42.6 Å². The molecule has 0 spiro atoms. The van der Waals surface area contributed by atoms with Crippen molar-refractivity contribution < 1.29 is 26.3 Å². The molecule has 1 aliphatic rings. The lowest BCUT2D eigenvalue weighted by Crippen LogP contribution is -2.31. The first kappa shape index (κ1) is 24.9. The fraction of sp³-hybridized carbons (Fsp3) is 0.375. The third-order valence-corrected chi connectivity index (χ3v) is 6.34. The minimum Gasteiger partial charge on any atom is -0.346 e. The van der Waals surface area contributed by atoms with Crippen LogP contribution < -0.4 is 4.90 Å². The maximum atomic E-state index is 13.9. The minimum absolute atomic E-state index is 0.0130. The van der Waals surface area contributed by atoms with E-state index in [0.29, 0.717) is 23.8 Å². The van der Waals surface area contributed by atoms with E-state index in [9.17, 15) is 26.3 Å². The van der Waals surface area contributed by atoms with Crippen LogP contribution in [-0.4, -0.2) is 36.3 Å². The van der Waals surface area contributed by atoms with E-state index in [-0.39, 0.29) is 23.2 Å². The van der Waals surface area contributed by atoms with Crippen molar-refractivity contribution in [2.75, 3.05) is 11.4 Å². The van der Waals surface area contributed by atoms with E-state index in [4.69, 9.17) is 0 Å². The van der Waals surface area contributed by atoms with Gasteiger partial charge in [-0.15, -0.1) is 0 Å². The van der Waals surface area contributed by atoms with Crippen molar-refractivity contribution in [2.24, 2.45) is 13.0 Å². The molecule has 13 heteroatoms. The van der Waals surface area contributed by atoms with Crippen molar-refractivity contribution in [3.8, 4) is 11.5 Å². The number of hydrogen-bond donors (Lipinski definition) is 0. The zero-order chi connectivity index (χ0) is 26.5. The Bertz CT molecular complexity index is 1430. The average molecular weight is 521 g/mol. The number of rotatable bonds is 6. The standard InChI is InChI=1S/C24H21F6N7/c1-13(18-19(32-9-8-31-18)21-33-6-3-7-34-21)37(12-14-4-5-14)22-16-10-15(23(25,26)27)11-17(24(28,29)30)20(16)36(2)35-22/h3,6-11,13-14H,4-5,12H2,1-2H3. The van der Waals surface area contributed by atoms with Gasteiger partial charge < -0.3 is 4.90 Å². The van der Waals surface area contributed by atoms with Crippen molar-refractivity contribution in [1.29, 1.82) is 0 Å². The zero-order valence-electron chi connectivity index (χ0n) is 19.7. The van der Waals surface area contributed by atoms with Crippen LogP contribution in [0.25, 0.3) is 22.4 Å². The Morgan fingerprint density at radius 3 is 2.24 bits per heavy atom. The average Bonchev–Trinajstić information content (AvgIpc) is 3.62. The molecule has 7 nitrogen and oxygen atoms in total. The molecular formula is C24H21F6N7. The second kappa shape index (κ2) is 8.96. The molecular weight excluding hydrogens is 500 g/mol. The highest BCUT2D eigenvalue weighted by Crippen LogP contribution is 2.44. The Kier molecular flexibility index (Phi) is 6.03. The number of hydrogen-bond acceptors (Lipinski definition) is 6. The zero-order valence-corrected chi connectivity index (χ0v) is 19.7. The lowest BCUT2D eigenvalue weighted by Gasteiger charge is -2.30. The Labute approximate surface area is 207 Å². The Morgan fingerprint density at radius 1 is 0.946 bits per heavy atom. The van der Waals surface area contributed by atoms with Crippen molar-refractivity contribution in [3.63, 3.8) is 0 Å². The van der Waals surface area contributed by atoms with Gasteiger partial charge in [-0.05, 0) is 43.9 Å². The van der Waals surface area contributed by atoms with Gasteiger partial charge in [0.1, 0.15) is 5.69 Å². The van der Waals surface area contributed by atoms with Crippen LogP contribution in [0.15, 0.2) is 43.0 Å². The molecule has 1 fully saturated rings. The van der Waals surface area contributed by atoms with Gasteiger partial charge in [0.25, 0.3) is 0 Å². The van der Waals surface area contributed by atoms with Crippen LogP contribution in [-0.2, 0) is 19.4 Å². The van der Waals surface area contributed by atoms with Crippen molar-refractivity contribution >= 4 is 16.7 Å². The van der Waals surface area contributed by atoms with Crippen molar-refractivity contribution in [3.05, 3.63) is 59.8 Å². The maximum absolute atomic E-state index is 13.9. The molecule has 0 amide bonds. The summed E-state index contributed by atoms with van der Waals surface area (Å²) in [5, 5.41) is 4.08. The fourth-order valence-electron chi connectivity index (χ4n) is 4.39. The van der Waals surface area contributed by atoms with Gasteiger partial charge in [0.2, 0.25) is 0 Å². The van der Waals surface area contributed by atoms with Gasteiger partial charge in [0, 0.05) is 43.8 Å². The summed E-state index contributed by atoms with van der Waals surface area (Å²) in [6.45, 7) is 2.13. The number of aryl methyl sites for hydroxylation is 1. The summed E-state index contributed by atoms with van der Waals surface area (Å²) in [7, 11) is 1.29. The summed E-state index contributed by atoms with van der Waals surface area (Å²) < 4.78 is 83.7. The second-order valence-electron chi connectivity index (χ2n) is 9.00. The summed E-state index contributed by atoms with van der Waals surface area (Å²) in [4.78, 5) is 19.0.